The van der Waals surface area contributed by atoms with Gasteiger partial charge >= 0.3 is 5.97 Å². The molecule has 6 N–H and O–H groups in total. The molecule has 3 rings (SSSR count). The van der Waals surface area contributed by atoms with Crippen LogP contribution in [-0.4, -0.2) is 69.5 Å². The minimum atomic E-state index is -1.18. The Kier molecular flexibility index (Phi) is 9.02. The van der Waals surface area contributed by atoms with Crippen molar-refractivity contribution < 1.29 is 29.4 Å². The molecule has 10 heteroatoms. The minimum absolute atomic E-state index is 0.0689. The van der Waals surface area contributed by atoms with Gasteiger partial charge in [0.05, 0.1) is 6.04 Å². The van der Waals surface area contributed by atoms with Gasteiger partial charge in [0.2, 0.25) is 17.7 Å². The molecule has 0 saturated carbocycles. The van der Waals surface area contributed by atoms with Crippen molar-refractivity contribution in [1.29, 1.82) is 0 Å². The van der Waals surface area contributed by atoms with Crippen LogP contribution in [0.1, 0.15) is 30.9 Å². The molecule has 0 aliphatic carbocycles. The summed E-state index contributed by atoms with van der Waals surface area (Å²) in [5.74, 6) is -2.62. The number of likely N-dealkylation sites (tertiary alicyclic amines) is 1. The highest BCUT2D eigenvalue weighted by Crippen LogP contribution is 2.21. The van der Waals surface area contributed by atoms with Gasteiger partial charge in [-0.2, -0.15) is 0 Å². The second kappa shape index (κ2) is 12.2. The highest BCUT2D eigenvalue weighted by molar-refractivity contribution is 5.94. The topological polar surface area (TPSA) is 162 Å². The van der Waals surface area contributed by atoms with E-state index >= 15 is 0 Å². The van der Waals surface area contributed by atoms with Crippen LogP contribution >= 0.6 is 0 Å². The van der Waals surface area contributed by atoms with Crippen molar-refractivity contribution in [2.75, 3.05) is 6.54 Å². The van der Waals surface area contributed by atoms with E-state index in [1.165, 1.54) is 24.0 Å². The molecule has 4 atom stereocenters. The Hall–Kier alpha value is -3.92. The van der Waals surface area contributed by atoms with Gasteiger partial charge in [0, 0.05) is 13.0 Å². The molecule has 2 aromatic rings. The van der Waals surface area contributed by atoms with Crippen molar-refractivity contribution in [1.82, 2.24) is 15.5 Å². The maximum absolute atomic E-state index is 13.6. The Morgan fingerprint density at radius 3 is 2.28 bits per heavy atom. The van der Waals surface area contributed by atoms with E-state index in [1.807, 2.05) is 30.3 Å². The molecule has 1 fully saturated rings. The maximum atomic E-state index is 13.6. The Morgan fingerprint density at radius 1 is 1.00 bits per heavy atom. The van der Waals surface area contributed by atoms with E-state index in [2.05, 4.69) is 10.6 Å². The number of hydrogen-bond donors (Lipinski definition) is 5. The van der Waals surface area contributed by atoms with Crippen LogP contribution in [0.3, 0.4) is 0 Å². The Balaban J connectivity index is 1.77. The molecule has 0 aromatic heterocycles. The molecular weight excluding hydrogens is 464 g/mol. The number of nitrogens with zero attached hydrogens (tertiary/aromatic N) is 1. The van der Waals surface area contributed by atoms with Crippen LogP contribution in [-0.2, 0) is 32.0 Å². The van der Waals surface area contributed by atoms with Crippen LogP contribution in [0.25, 0.3) is 0 Å². The van der Waals surface area contributed by atoms with Gasteiger partial charge < -0.3 is 31.5 Å². The van der Waals surface area contributed by atoms with E-state index < -0.39 is 47.9 Å². The summed E-state index contributed by atoms with van der Waals surface area (Å²) in [4.78, 5) is 51.8. The first kappa shape index (κ1) is 26.7. The molecule has 1 aliphatic heterocycles. The number of nitrogens with two attached hydrogens (primary N) is 1. The third-order valence-corrected chi connectivity index (χ3v) is 6.19. The lowest BCUT2D eigenvalue weighted by Crippen LogP contribution is -2.57. The number of carbonyl (C=O) groups is 4. The van der Waals surface area contributed by atoms with Gasteiger partial charge in [-0.15, -0.1) is 0 Å². The predicted octanol–water partition coefficient (Wildman–Crippen LogP) is 0.570. The van der Waals surface area contributed by atoms with Crippen molar-refractivity contribution in [3.05, 3.63) is 65.7 Å². The number of nitrogens with one attached hydrogen (secondary N) is 2. The van der Waals surface area contributed by atoms with Crippen molar-refractivity contribution in [3.63, 3.8) is 0 Å². The van der Waals surface area contributed by atoms with Crippen molar-refractivity contribution >= 4 is 23.7 Å². The molecule has 1 heterocycles. The van der Waals surface area contributed by atoms with E-state index in [0.29, 0.717) is 24.9 Å². The fraction of sp³-hybridized carbons (Fsp3) is 0.385. The lowest BCUT2D eigenvalue weighted by atomic mass is 10.0. The summed E-state index contributed by atoms with van der Waals surface area (Å²) in [5, 5.41) is 23.9. The maximum Gasteiger partial charge on any atom is 0.325 e. The second-order valence-corrected chi connectivity index (χ2v) is 8.99. The highest BCUT2D eigenvalue weighted by atomic mass is 16.4. The number of phenolic OH excluding ortho intramolecular Hbond substituents is 1. The van der Waals surface area contributed by atoms with E-state index in [4.69, 9.17) is 10.8 Å². The lowest BCUT2D eigenvalue weighted by Gasteiger charge is -2.30. The standard InChI is InChI=1S/C26H32N4O6/c1-16(26(35)36)28-24(33)22-8-5-13-30(22)25(34)21(15-18-9-11-19(31)12-10-18)29-23(32)20(27)14-17-6-3-2-4-7-17/h2-4,6-7,9-12,16,20-22,31H,5,8,13-15,27H2,1H3,(H,28,33)(H,29,32)(H,35,36). The van der Waals surface area contributed by atoms with E-state index in [1.54, 1.807) is 12.1 Å². The minimum Gasteiger partial charge on any atom is -0.508 e. The third kappa shape index (κ3) is 7.05. The number of aliphatic carboxylic acids is 1. The smallest absolute Gasteiger partial charge is 0.325 e. The zero-order valence-electron chi connectivity index (χ0n) is 20.1. The first-order valence-corrected chi connectivity index (χ1v) is 11.9. The van der Waals surface area contributed by atoms with Gasteiger partial charge in [0.25, 0.3) is 0 Å². The van der Waals surface area contributed by atoms with Crippen molar-refractivity contribution in [2.45, 2.75) is 56.8 Å². The van der Waals surface area contributed by atoms with Gasteiger partial charge in [-0.25, -0.2) is 0 Å². The molecular formula is C26H32N4O6. The van der Waals surface area contributed by atoms with Gasteiger partial charge in [-0.05, 0) is 49.4 Å². The number of carbonyl (C=O) groups excluding carboxylic acids is 3. The average Bonchev–Trinajstić information content (AvgIpc) is 3.35. The van der Waals surface area contributed by atoms with Crippen LogP contribution in [0.5, 0.6) is 5.75 Å². The SMILES string of the molecule is CC(NC(=O)C1CCCN1C(=O)C(Cc1ccc(O)cc1)NC(=O)C(N)Cc1ccccc1)C(=O)O. The molecule has 1 aliphatic rings. The molecule has 0 spiro atoms. The number of carboxylic acid groups (broad SMARTS) is 1. The summed E-state index contributed by atoms with van der Waals surface area (Å²) in [6.07, 6.45) is 1.36. The summed E-state index contributed by atoms with van der Waals surface area (Å²) >= 11 is 0. The molecule has 0 radical (unpaired) electrons. The van der Waals surface area contributed by atoms with Crippen LogP contribution in [0.4, 0.5) is 0 Å². The molecule has 10 nitrogen and oxygen atoms in total. The van der Waals surface area contributed by atoms with Gasteiger partial charge in [0.1, 0.15) is 23.9 Å². The van der Waals surface area contributed by atoms with Crippen molar-refractivity contribution in [2.24, 2.45) is 5.73 Å². The summed E-state index contributed by atoms with van der Waals surface area (Å²) in [6.45, 7) is 1.65. The number of rotatable bonds is 10. The molecule has 0 bridgehead atoms. The number of hydrogen-bond acceptors (Lipinski definition) is 6. The highest BCUT2D eigenvalue weighted by Gasteiger charge is 2.38. The quantitative estimate of drug-likeness (QED) is 0.321. The lowest BCUT2D eigenvalue weighted by molar-refractivity contribution is -0.144. The van der Waals surface area contributed by atoms with Crippen LogP contribution in [0.2, 0.25) is 0 Å². The van der Waals surface area contributed by atoms with E-state index in [9.17, 15) is 24.3 Å². The van der Waals surface area contributed by atoms with E-state index in [0.717, 1.165) is 5.56 Å². The Labute approximate surface area is 209 Å². The summed E-state index contributed by atoms with van der Waals surface area (Å²) < 4.78 is 0. The number of carboxylic acids is 1. The molecule has 3 amide bonds. The first-order valence-electron chi connectivity index (χ1n) is 11.9. The second-order valence-electron chi connectivity index (χ2n) is 8.99. The monoisotopic (exact) mass is 496 g/mol. The molecule has 1 saturated heterocycles. The number of aromatic hydroxyl groups is 1. The molecule has 2 aromatic carbocycles. The van der Waals surface area contributed by atoms with E-state index in [-0.39, 0.29) is 18.6 Å². The fourth-order valence-electron chi connectivity index (χ4n) is 4.18. The molecule has 36 heavy (non-hydrogen) atoms. The number of amides is 3. The summed E-state index contributed by atoms with van der Waals surface area (Å²) in [7, 11) is 0. The zero-order chi connectivity index (χ0) is 26.2. The zero-order valence-corrected chi connectivity index (χ0v) is 20.1. The first-order chi connectivity index (χ1) is 17.2. The third-order valence-electron chi connectivity index (χ3n) is 6.19. The summed E-state index contributed by atoms with van der Waals surface area (Å²) in [5.41, 5.74) is 7.71. The van der Waals surface area contributed by atoms with Gasteiger partial charge in [-0.1, -0.05) is 42.5 Å². The Bertz CT molecular complexity index is 1080. The molecule has 4 unspecified atom stereocenters. The average molecular weight is 497 g/mol. The number of benzene rings is 2. The van der Waals surface area contributed by atoms with Gasteiger partial charge in [0.15, 0.2) is 0 Å². The predicted molar refractivity (Wildman–Crippen MR) is 132 cm³/mol. The van der Waals surface area contributed by atoms with Crippen LogP contribution in [0, 0.1) is 0 Å². The number of phenols is 1. The normalized spacial score (nSPS) is 17.6. The van der Waals surface area contributed by atoms with Crippen molar-refractivity contribution in [3.8, 4) is 5.75 Å². The van der Waals surface area contributed by atoms with Gasteiger partial charge in [-0.3, -0.25) is 19.2 Å². The molecule has 192 valence electrons. The van der Waals surface area contributed by atoms with Crippen LogP contribution < -0.4 is 16.4 Å². The largest absolute Gasteiger partial charge is 0.508 e. The van der Waals surface area contributed by atoms with Crippen LogP contribution in [0.15, 0.2) is 54.6 Å². The summed E-state index contributed by atoms with van der Waals surface area (Å²) in [6, 6.07) is 11.7. The Morgan fingerprint density at radius 2 is 1.64 bits per heavy atom. The fourth-order valence-corrected chi connectivity index (χ4v) is 4.18.